The number of benzene rings is 2. The molecule has 0 aliphatic carbocycles. The van der Waals surface area contributed by atoms with Gasteiger partial charge in [-0.05, 0) is 44.1 Å². The Hall–Kier alpha value is -1.93. The average Bonchev–Trinajstić information content (AvgIpc) is 2.45. The van der Waals surface area contributed by atoms with Gasteiger partial charge in [-0.3, -0.25) is 9.69 Å². The Balaban J connectivity index is 2.14. The van der Waals surface area contributed by atoms with Crippen molar-refractivity contribution >= 4 is 5.78 Å². The molecule has 0 saturated carbocycles. The monoisotopic (exact) mass is 267 g/mol. The molecule has 0 amide bonds. The summed E-state index contributed by atoms with van der Waals surface area (Å²) in [6.45, 7) is 1.66. The first-order valence-electron chi connectivity index (χ1n) is 6.89. The molecule has 0 aliphatic rings. The molecule has 0 fully saturated rings. The highest BCUT2D eigenvalue weighted by atomic mass is 16.1. The maximum atomic E-state index is 11.6. The van der Waals surface area contributed by atoms with E-state index in [1.165, 1.54) is 16.7 Å². The summed E-state index contributed by atoms with van der Waals surface area (Å²) >= 11 is 0. The summed E-state index contributed by atoms with van der Waals surface area (Å²) in [5.41, 5.74) is 3.62. The lowest BCUT2D eigenvalue weighted by molar-refractivity contribution is -0.121. The molecule has 0 bridgehead atoms. The van der Waals surface area contributed by atoms with Gasteiger partial charge in [-0.2, -0.15) is 0 Å². The van der Waals surface area contributed by atoms with E-state index in [0.717, 1.165) is 6.42 Å². The minimum Gasteiger partial charge on any atom is -0.299 e. The largest absolute Gasteiger partial charge is 0.299 e. The molecule has 0 unspecified atom stereocenters. The van der Waals surface area contributed by atoms with Crippen molar-refractivity contribution in [2.24, 2.45) is 0 Å². The molecule has 20 heavy (non-hydrogen) atoms. The Bertz CT molecular complexity index is 558. The summed E-state index contributed by atoms with van der Waals surface area (Å²) in [5.74, 6) is 0.210. The lowest BCUT2D eigenvalue weighted by atomic mass is 9.99. The second-order valence-electron chi connectivity index (χ2n) is 5.36. The van der Waals surface area contributed by atoms with Gasteiger partial charge in [0.1, 0.15) is 5.78 Å². The molecular formula is C18H21NO. The van der Waals surface area contributed by atoms with E-state index in [1.807, 2.05) is 37.2 Å². The van der Waals surface area contributed by atoms with Gasteiger partial charge < -0.3 is 0 Å². The maximum Gasteiger partial charge on any atom is 0.147 e. The minimum atomic E-state index is -0.0439. The molecule has 0 N–H and O–H groups in total. The number of carbonyl (C=O) groups is 1. The van der Waals surface area contributed by atoms with Crippen LogP contribution in [0.15, 0.2) is 54.6 Å². The van der Waals surface area contributed by atoms with Gasteiger partial charge in [-0.1, -0.05) is 54.6 Å². The van der Waals surface area contributed by atoms with Crippen molar-refractivity contribution in [3.63, 3.8) is 0 Å². The van der Waals surface area contributed by atoms with Crippen LogP contribution in [0.4, 0.5) is 0 Å². The average molecular weight is 267 g/mol. The fraction of sp³-hybridized carbons (Fsp3) is 0.278. The zero-order chi connectivity index (χ0) is 14.5. The number of carbonyl (C=O) groups excluding carboxylic acids is 1. The summed E-state index contributed by atoms with van der Waals surface area (Å²) in [6.07, 6.45) is 0.761. The molecule has 2 aromatic rings. The van der Waals surface area contributed by atoms with Crippen LogP contribution in [0.5, 0.6) is 0 Å². The number of Topliss-reactive ketones (excluding diaryl/α,β-unsaturated/α-hetero) is 1. The lowest BCUT2D eigenvalue weighted by Crippen LogP contribution is -2.36. The van der Waals surface area contributed by atoms with E-state index in [1.54, 1.807) is 6.92 Å². The van der Waals surface area contributed by atoms with Crippen molar-refractivity contribution in [1.82, 2.24) is 4.90 Å². The molecular weight excluding hydrogens is 246 g/mol. The van der Waals surface area contributed by atoms with Gasteiger partial charge in [0.05, 0.1) is 6.04 Å². The summed E-state index contributed by atoms with van der Waals surface area (Å²) in [7, 11) is 3.90. The number of hydrogen-bond acceptors (Lipinski definition) is 2. The predicted molar refractivity (Wildman–Crippen MR) is 83.7 cm³/mol. The quantitative estimate of drug-likeness (QED) is 0.827. The van der Waals surface area contributed by atoms with Crippen LogP contribution in [0.3, 0.4) is 0 Å². The summed E-state index contributed by atoms with van der Waals surface area (Å²) < 4.78 is 0. The van der Waals surface area contributed by atoms with Crippen LogP contribution in [0, 0.1) is 0 Å². The van der Waals surface area contributed by atoms with Crippen LogP contribution < -0.4 is 0 Å². The summed E-state index contributed by atoms with van der Waals surface area (Å²) in [5, 5.41) is 0. The van der Waals surface area contributed by atoms with Crippen LogP contribution in [0.1, 0.15) is 12.5 Å². The van der Waals surface area contributed by atoms with E-state index < -0.39 is 0 Å². The molecule has 2 nitrogen and oxygen atoms in total. The van der Waals surface area contributed by atoms with Crippen molar-refractivity contribution in [2.45, 2.75) is 19.4 Å². The minimum absolute atomic E-state index is 0.0439. The van der Waals surface area contributed by atoms with Gasteiger partial charge >= 0.3 is 0 Å². The number of likely N-dealkylation sites (N-methyl/N-ethyl adjacent to an activating group) is 1. The highest BCUT2D eigenvalue weighted by Gasteiger charge is 2.16. The molecule has 1 atom stereocenters. The molecule has 2 heteroatoms. The smallest absolute Gasteiger partial charge is 0.147 e. The highest BCUT2D eigenvalue weighted by molar-refractivity contribution is 5.81. The maximum absolute atomic E-state index is 11.6. The van der Waals surface area contributed by atoms with Crippen LogP contribution in [0.2, 0.25) is 0 Å². The van der Waals surface area contributed by atoms with Crippen molar-refractivity contribution < 1.29 is 4.79 Å². The Labute approximate surface area is 121 Å². The molecule has 0 heterocycles. The molecule has 0 saturated heterocycles. The van der Waals surface area contributed by atoms with Crippen molar-refractivity contribution in [3.05, 3.63) is 60.2 Å². The van der Waals surface area contributed by atoms with Crippen molar-refractivity contribution in [3.8, 4) is 11.1 Å². The van der Waals surface area contributed by atoms with Crippen LogP contribution in [0.25, 0.3) is 11.1 Å². The zero-order valence-corrected chi connectivity index (χ0v) is 12.3. The topological polar surface area (TPSA) is 20.3 Å². The summed E-state index contributed by atoms with van der Waals surface area (Å²) in [4.78, 5) is 13.6. The van der Waals surface area contributed by atoms with Gasteiger partial charge in [0.2, 0.25) is 0 Å². The first kappa shape index (κ1) is 14.5. The molecule has 0 spiro atoms. The Morgan fingerprint density at radius 2 is 1.50 bits per heavy atom. The van der Waals surface area contributed by atoms with Gasteiger partial charge in [0, 0.05) is 0 Å². The van der Waals surface area contributed by atoms with E-state index in [2.05, 4.69) is 36.4 Å². The standard InChI is InChI=1S/C18H21NO/c1-14(20)18(19(2)3)13-15-9-11-17(12-10-15)16-7-5-4-6-8-16/h4-12,18H,13H2,1-3H3/t18-/m0/s1. The van der Waals surface area contributed by atoms with E-state index >= 15 is 0 Å². The Morgan fingerprint density at radius 3 is 2.00 bits per heavy atom. The van der Waals surface area contributed by atoms with E-state index in [4.69, 9.17) is 0 Å². The van der Waals surface area contributed by atoms with Gasteiger partial charge in [-0.25, -0.2) is 0 Å². The molecule has 0 radical (unpaired) electrons. The number of nitrogens with zero attached hydrogens (tertiary/aromatic N) is 1. The second kappa shape index (κ2) is 6.49. The third-order valence-electron chi connectivity index (χ3n) is 3.58. The van der Waals surface area contributed by atoms with Crippen LogP contribution in [-0.2, 0) is 11.2 Å². The number of hydrogen-bond donors (Lipinski definition) is 0. The first-order valence-corrected chi connectivity index (χ1v) is 6.89. The third kappa shape index (κ3) is 3.55. The number of ketones is 1. The third-order valence-corrected chi connectivity index (χ3v) is 3.58. The molecule has 104 valence electrons. The van der Waals surface area contributed by atoms with Gasteiger partial charge in [0.15, 0.2) is 0 Å². The van der Waals surface area contributed by atoms with Crippen LogP contribution in [-0.4, -0.2) is 30.8 Å². The van der Waals surface area contributed by atoms with Gasteiger partial charge in [-0.15, -0.1) is 0 Å². The van der Waals surface area contributed by atoms with E-state index in [9.17, 15) is 4.79 Å². The lowest BCUT2D eigenvalue weighted by Gasteiger charge is -2.21. The normalized spacial score (nSPS) is 12.4. The van der Waals surface area contributed by atoms with Crippen LogP contribution >= 0.6 is 0 Å². The zero-order valence-electron chi connectivity index (χ0n) is 12.3. The number of rotatable bonds is 5. The second-order valence-corrected chi connectivity index (χ2v) is 5.36. The van der Waals surface area contributed by atoms with E-state index in [-0.39, 0.29) is 11.8 Å². The molecule has 2 aromatic carbocycles. The fourth-order valence-electron chi connectivity index (χ4n) is 2.38. The summed E-state index contributed by atoms with van der Waals surface area (Å²) in [6, 6.07) is 18.7. The molecule has 0 aromatic heterocycles. The SMILES string of the molecule is CC(=O)[C@H](Cc1ccc(-c2ccccc2)cc1)N(C)C. The van der Waals surface area contributed by atoms with Crippen molar-refractivity contribution in [2.75, 3.05) is 14.1 Å². The highest BCUT2D eigenvalue weighted by Crippen LogP contribution is 2.20. The van der Waals surface area contributed by atoms with Crippen molar-refractivity contribution in [1.29, 1.82) is 0 Å². The Morgan fingerprint density at radius 1 is 0.950 bits per heavy atom. The fourth-order valence-corrected chi connectivity index (χ4v) is 2.38. The first-order chi connectivity index (χ1) is 9.58. The van der Waals surface area contributed by atoms with Gasteiger partial charge in [0.25, 0.3) is 0 Å². The predicted octanol–water partition coefficient (Wildman–Crippen LogP) is 3.42. The van der Waals surface area contributed by atoms with E-state index in [0.29, 0.717) is 0 Å². The Kier molecular flexibility index (Phi) is 4.70. The molecule has 2 rings (SSSR count). The molecule has 0 aliphatic heterocycles.